The van der Waals surface area contributed by atoms with Crippen LogP contribution in [0.2, 0.25) is 0 Å². The predicted octanol–water partition coefficient (Wildman–Crippen LogP) is 2.34. The lowest BCUT2D eigenvalue weighted by Gasteiger charge is -2.29. The van der Waals surface area contributed by atoms with Crippen LogP contribution in [0.3, 0.4) is 0 Å². The van der Waals surface area contributed by atoms with Crippen LogP contribution in [0.5, 0.6) is 5.75 Å². The average Bonchev–Trinajstić information content (AvgIpc) is 3.45. The third-order valence-electron chi connectivity index (χ3n) is 6.07. The fourth-order valence-electron chi connectivity index (χ4n) is 4.46. The van der Waals surface area contributed by atoms with Crippen molar-refractivity contribution in [3.63, 3.8) is 0 Å². The highest BCUT2D eigenvalue weighted by Gasteiger charge is 2.30. The van der Waals surface area contributed by atoms with Crippen LogP contribution < -0.4 is 14.5 Å². The van der Waals surface area contributed by atoms with E-state index in [0.717, 1.165) is 55.8 Å². The van der Waals surface area contributed by atoms with Gasteiger partial charge in [0.1, 0.15) is 18.6 Å². The number of nitrogens with one attached hydrogen (secondary N) is 1. The van der Waals surface area contributed by atoms with E-state index in [0.29, 0.717) is 24.6 Å². The van der Waals surface area contributed by atoms with Gasteiger partial charge in [-0.05, 0) is 30.5 Å². The number of aromatic nitrogens is 1. The number of ether oxygens (including phenoxy) is 1. The Bertz CT molecular complexity index is 932. The van der Waals surface area contributed by atoms with Crippen LogP contribution in [0, 0.1) is 0 Å². The molecule has 1 unspecified atom stereocenters. The Morgan fingerprint density at radius 3 is 2.82 bits per heavy atom. The zero-order valence-electron chi connectivity index (χ0n) is 16.0. The van der Waals surface area contributed by atoms with E-state index >= 15 is 0 Å². The number of likely N-dealkylation sites (N-methyl/N-ethyl adjacent to an activating group) is 1. The standard InChI is InChI=1S/C21H24N4O3/c1-23-16(13-26)10-14-4-5-15(11-18(14)23)25-8-9-28-19-12-17(22-20(19)25)21(27)24-6-2-3-7-24/h4-5,11-13,16,22H,2-3,6-10H2,1H3. The third-order valence-corrected chi connectivity index (χ3v) is 6.07. The van der Waals surface area contributed by atoms with Crippen molar-refractivity contribution in [3.05, 3.63) is 35.5 Å². The largest absolute Gasteiger partial charge is 0.488 e. The number of fused-ring (bicyclic) bond motifs is 2. The van der Waals surface area contributed by atoms with Gasteiger partial charge in [-0.3, -0.25) is 4.79 Å². The summed E-state index contributed by atoms with van der Waals surface area (Å²) >= 11 is 0. The molecule has 0 aliphatic carbocycles. The third kappa shape index (κ3) is 2.65. The van der Waals surface area contributed by atoms with E-state index in [2.05, 4.69) is 28.1 Å². The first-order chi connectivity index (χ1) is 13.7. The van der Waals surface area contributed by atoms with Crippen molar-refractivity contribution in [1.82, 2.24) is 9.88 Å². The number of rotatable bonds is 3. The van der Waals surface area contributed by atoms with Gasteiger partial charge in [0.15, 0.2) is 11.6 Å². The van der Waals surface area contributed by atoms with Crippen LogP contribution in [0.1, 0.15) is 28.9 Å². The fourth-order valence-corrected chi connectivity index (χ4v) is 4.46. The highest BCUT2D eigenvalue weighted by atomic mass is 16.5. The zero-order valence-corrected chi connectivity index (χ0v) is 16.0. The zero-order chi connectivity index (χ0) is 19.3. The summed E-state index contributed by atoms with van der Waals surface area (Å²) in [7, 11) is 1.96. The summed E-state index contributed by atoms with van der Waals surface area (Å²) in [5.74, 6) is 1.58. The number of benzene rings is 1. The quantitative estimate of drug-likeness (QED) is 0.828. The van der Waals surface area contributed by atoms with Crippen molar-refractivity contribution in [2.75, 3.05) is 43.1 Å². The van der Waals surface area contributed by atoms with E-state index in [4.69, 9.17) is 4.74 Å². The van der Waals surface area contributed by atoms with Gasteiger partial charge in [-0.25, -0.2) is 0 Å². The van der Waals surface area contributed by atoms with Crippen LogP contribution in [-0.2, 0) is 11.2 Å². The highest BCUT2D eigenvalue weighted by Crippen LogP contribution is 2.40. The number of aromatic amines is 1. The minimum atomic E-state index is -0.0966. The summed E-state index contributed by atoms with van der Waals surface area (Å²) in [6, 6.07) is 8.03. The lowest BCUT2D eigenvalue weighted by atomic mass is 10.1. The van der Waals surface area contributed by atoms with Gasteiger partial charge in [-0.2, -0.15) is 0 Å². The molecular weight excluding hydrogens is 356 g/mol. The van der Waals surface area contributed by atoms with Gasteiger partial charge in [-0.15, -0.1) is 0 Å². The minimum absolute atomic E-state index is 0.0398. The van der Waals surface area contributed by atoms with Gasteiger partial charge in [0, 0.05) is 44.0 Å². The van der Waals surface area contributed by atoms with Gasteiger partial charge < -0.3 is 29.2 Å². The topological polar surface area (TPSA) is 68.9 Å². The molecule has 5 rings (SSSR count). The summed E-state index contributed by atoms with van der Waals surface area (Å²) in [5.41, 5.74) is 3.89. The maximum absolute atomic E-state index is 12.8. The molecule has 3 aliphatic heterocycles. The second kappa shape index (κ2) is 6.58. The lowest BCUT2D eigenvalue weighted by Crippen LogP contribution is -2.30. The van der Waals surface area contributed by atoms with E-state index < -0.39 is 0 Å². The van der Waals surface area contributed by atoms with Gasteiger partial charge in [0.25, 0.3) is 5.91 Å². The summed E-state index contributed by atoms with van der Waals surface area (Å²) in [5, 5.41) is 0. The lowest BCUT2D eigenvalue weighted by molar-refractivity contribution is -0.108. The molecule has 146 valence electrons. The molecule has 1 amide bonds. The summed E-state index contributed by atoms with van der Waals surface area (Å²) < 4.78 is 5.82. The van der Waals surface area contributed by atoms with Crippen molar-refractivity contribution in [3.8, 4) is 5.75 Å². The number of hydrogen-bond donors (Lipinski definition) is 1. The van der Waals surface area contributed by atoms with Gasteiger partial charge in [0.2, 0.25) is 0 Å². The van der Waals surface area contributed by atoms with Crippen molar-refractivity contribution >= 4 is 29.4 Å². The minimum Gasteiger partial charge on any atom is -0.488 e. The van der Waals surface area contributed by atoms with Gasteiger partial charge in [-0.1, -0.05) is 6.07 Å². The van der Waals surface area contributed by atoms with E-state index in [-0.39, 0.29) is 11.9 Å². The second-order valence-electron chi connectivity index (χ2n) is 7.73. The molecule has 0 spiro atoms. The van der Waals surface area contributed by atoms with Crippen LogP contribution in [0.4, 0.5) is 17.2 Å². The number of nitrogens with zero attached hydrogens (tertiary/aromatic N) is 3. The maximum Gasteiger partial charge on any atom is 0.270 e. The monoisotopic (exact) mass is 380 g/mol. The van der Waals surface area contributed by atoms with Crippen LogP contribution in [-0.4, -0.2) is 61.4 Å². The number of likely N-dealkylation sites (tertiary alicyclic amines) is 1. The van der Waals surface area contributed by atoms with E-state index in [1.54, 1.807) is 0 Å². The summed E-state index contributed by atoms with van der Waals surface area (Å²) in [4.78, 5) is 33.4. The first kappa shape index (κ1) is 17.2. The Labute approximate surface area is 163 Å². The van der Waals surface area contributed by atoms with E-state index in [1.165, 1.54) is 5.56 Å². The van der Waals surface area contributed by atoms with Crippen LogP contribution in [0.25, 0.3) is 0 Å². The van der Waals surface area contributed by atoms with Gasteiger partial charge in [0.05, 0.1) is 12.6 Å². The summed E-state index contributed by atoms with van der Waals surface area (Å²) in [6.07, 6.45) is 3.90. The van der Waals surface area contributed by atoms with Crippen LogP contribution in [0.15, 0.2) is 24.3 Å². The molecule has 0 bridgehead atoms. The number of hydrogen-bond acceptors (Lipinski definition) is 5. The van der Waals surface area contributed by atoms with Crippen molar-refractivity contribution in [2.24, 2.45) is 0 Å². The Morgan fingerprint density at radius 1 is 1.21 bits per heavy atom. The van der Waals surface area contributed by atoms with E-state index in [1.807, 2.05) is 22.9 Å². The van der Waals surface area contributed by atoms with Crippen LogP contribution >= 0.6 is 0 Å². The Morgan fingerprint density at radius 2 is 2.04 bits per heavy atom. The summed E-state index contributed by atoms with van der Waals surface area (Å²) in [6.45, 7) is 2.90. The molecular formula is C21H24N4O3. The molecule has 0 radical (unpaired) electrons. The first-order valence-electron chi connectivity index (χ1n) is 9.89. The molecule has 1 saturated heterocycles. The molecule has 3 aliphatic rings. The Hall–Kier alpha value is -2.96. The molecule has 0 saturated carbocycles. The molecule has 1 aromatic carbocycles. The highest BCUT2D eigenvalue weighted by molar-refractivity contribution is 5.95. The van der Waals surface area contributed by atoms with Crippen molar-refractivity contribution in [1.29, 1.82) is 0 Å². The molecule has 4 heterocycles. The predicted molar refractivity (Wildman–Crippen MR) is 107 cm³/mol. The second-order valence-corrected chi connectivity index (χ2v) is 7.73. The Balaban J connectivity index is 1.47. The fraction of sp³-hybridized carbons (Fsp3) is 0.429. The molecule has 1 aromatic heterocycles. The SMILES string of the molecule is CN1c2cc(N3CCOc4cc(C(=O)N5CCCC5)[nH]c43)ccc2CC1C=O. The van der Waals surface area contributed by atoms with Gasteiger partial charge >= 0.3 is 0 Å². The Kier molecular flexibility index (Phi) is 4.03. The molecule has 28 heavy (non-hydrogen) atoms. The van der Waals surface area contributed by atoms with Crippen molar-refractivity contribution in [2.45, 2.75) is 25.3 Å². The normalized spacial score (nSPS) is 20.8. The number of aldehydes is 1. The smallest absolute Gasteiger partial charge is 0.270 e. The average molecular weight is 380 g/mol. The first-order valence-corrected chi connectivity index (χ1v) is 9.89. The molecule has 7 heteroatoms. The molecule has 7 nitrogen and oxygen atoms in total. The molecule has 1 N–H and O–H groups in total. The molecule has 1 fully saturated rings. The van der Waals surface area contributed by atoms with Crippen molar-refractivity contribution < 1.29 is 14.3 Å². The number of amides is 1. The number of carbonyl (C=O) groups excluding carboxylic acids is 2. The maximum atomic E-state index is 12.8. The molecule has 2 aromatic rings. The number of carbonyl (C=O) groups is 2. The number of H-pyrrole nitrogens is 1. The van der Waals surface area contributed by atoms with E-state index in [9.17, 15) is 9.59 Å². The molecule has 1 atom stereocenters. The number of anilines is 3.